The van der Waals surface area contributed by atoms with E-state index >= 15 is 0 Å². The van der Waals surface area contributed by atoms with Gasteiger partial charge in [0.2, 0.25) is 5.13 Å². The summed E-state index contributed by atoms with van der Waals surface area (Å²) in [6.07, 6.45) is 0.114. The maximum Gasteiger partial charge on any atom is 0.257 e. The SMILES string of the molecule is CC(O)c1ccc2c(c1)[C@H](c1ccccc1)[C@@]1(C2)C(=O)N1c1nncs1. The topological polar surface area (TPSA) is 66.1 Å². The van der Waals surface area contributed by atoms with Crippen LogP contribution >= 0.6 is 11.3 Å². The van der Waals surface area contributed by atoms with Crippen LogP contribution in [0.25, 0.3) is 0 Å². The summed E-state index contributed by atoms with van der Waals surface area (Å²) in [5.41, 5.74) is 5.28. The summed E-state index contributed by atoms with van der Waals surface area (Å²) in [5.74, 6) is 0.0201. The second-order valence-corrected chi connectivity index (χ2v) is 7.75. The summed E-state index contributed by atoms with van der Waals surface area (Å²) >= 11 is 1.38. The van der Waals surface area contributed by atoms with Gasteiger partial charge in [-0.05, 0) is 29.2 Å². The zero-order chi connectivity index (χ0) is 17.9. The molecule has 1 aliphatic carbocycles. The lowest BCUT2D eigenvalue weighted by Crippen LogP contribution is -2.25. The number of aromatic nitrogens is 2. The highest BCUT2D eigenvalue weighted by Crippen LogP contribution is 2.58. The average Bonchev–Trinajstić information content (AvgIpc) is 3.05. The van der Waals surface area contributed by atoms with Crippen LogP contribution < -0.4 is 4.90 Å². The van der Waals surface area contributed by atoms with Crippen LogP contribution in [0.4, 0.5) is 5.13 Å². The Morgan fingerprint density at radius 2 is 2.08 bits per heavy atom. The molecule has 5 nitrogen and oxygen atoms in total. The lowest BCUT2D eigenvalue weighted by atomic mass is 9.84. The number of nitrogens with zero attached hydrogens (tertiary/aromatic N) is 3. The van der Waals surface area contributed by atoms with Gasteiger partial charge in [-0.2, -0.15) is 0 Å². The van der Waals surface area contributed by atoms with Crippen molar-refractivity contribution in [1.29, 1.82) is 0 Å². The minimum atomic E-state index is -0.624. The first kappa shape index (κ1) is 15.7. The van der Waals surface area contributed by atoms with E-state index in [1.807, 2.05) is 30.3 Å². The molecule has 5 rings (SSSR count). The minimum absolute atomic E-state index is 0.0752. The van der Waals surface area contributed by atoms with E-state index in [0.29, 0.717) is 11.6 Å². The van der Waals surface area contributed by atoms with Crippen molar-refractivity contribution in [1.82, 2.24) is 10.2 Å². The van der Waals surface area contributed by atoms with Gasteiger partial charge in [0, 0.05) is 12.3 Å². The highest BCUT2D eigenvalue weighted by atomic mass is 32.1. The molecule has 2 aromatic carbocycles. The van der Waals surface area contributed by atoms with E-state index in [-0.39, 0.29) is 11.8 Å². The van der Waals surface area contributed by atoms with E-state index < -0.39 is 11.6 Å². The van der Waals surface area contributed by atoms with Crippen molar-refractivity contribution in [3.8, 4) is 0 Å². The van der Waals surface area contributed by atoms with Gasteiger partial charge >= 0.3 is 0 Å². The first-order valence-corrected chi connectivity index (χ1v) is 9.47. The Kier molecular flexibility index (Phi) is 3.29. The smallest absolute Gasteiger partial charge is 0.257 e. The van der Waals surface area contributed by atoms with Gasteiger partial charge in [0.1, 0.15) is 11.0 Å². The van der Waals surface area contributed by atoms with Gasteiger partial charge in [-0.3, -0.25) is 9.69 Å². The molecule has 1 N–H and O–H groups in total. The Hall–Kier alpha value is -2.57. The molecule has 2 heterocycles. The Morgan fingerprint density at radius 3 is 2.77 bits per heavy atom. The molecule has 0 saturated carbocycles. The zero-order valence-corrected chi connectivity index (χ0v) is 15.0. The number of carbonyl (C=O) groups excluding carboxylic acids is 1. The standard InChI is InChI=1S/C20H17N3O2S/c1-12(24)14-7-8-15-10-20(18(25)23(20)19-22-21-11-26-19)17(16(15)9-14)13-5-3-2-4-6-13/h2-9,11-12,17,24H,10H2,1H3/t12?,17-,20-,23?/m0/s1. The molecule has 1 amide bonds. The summed E-state index contributed by atoms with van der Waals surface area (Å²) in [6.45, 7) is 1.76. The fraction of sp³-hybridized carbons (Fsp3) is 0.250. The largest absolute Gasteiger partial charge is 0.389 e. The first-order chi connectivity index (χ1) is 12.6. The number of aliphatic hydroxyl groups excluding tert-OH is 1. The number of hydrogen-bond donors (Lipinski definition) is 1. The first-order valence-electron chi connectivity index (χ1n) is 8.59. The highest BCUT2D eigenvalue weighted by Gasteiger charge is 2.71. The molecule has 3 atom stereocenters. The molecule has 1 unspecified atom stereocenters. The third-order valence-corrected chi connectivity index (χ3v) is 6.17. The second kappa shape index (κ2) is 5.46. The number of benzene rings is 2. The van der Waals surface area contributed by atoms with Crippen LogP contribution in [0, 0.1) is 0 Å². The molecule has 1 aliphatic heterocycles. The van der Waals surface area contributed by atoms with Crippen LogP contribution in [0.15, 0.2) is 54.0 Å². The van der Waals surface area contributed by atoms with Crippen LogP contribution in [-0.2, 0) is 11.2 Å². The summed E-state index contributed by atoms with van der Waals surface area (Å²) in [6, 6.07) is 16.2. The van der Waals surface area contributed by atoms with Crippen molar-refractivity contribution < 1.29 is 9.90 Å². The monoisotopic (exact) mass is 363 g/mol. The van der Waals surface area contributed by atoms with Crippen LogP contribution in [0.2, 0.25) is 0 Å². The lowest BCUT2D eigenvalue weighted by molar-refractivity contribution is -0.111. The van der Waals surface area contributed by atoms with Gasteiger partial charge in [-0.15, -0.1) is 10.2 Å². The molecule has 26 heavy (non-hydrogen) atoms. The number of aliphatic hydroxyl groups is 1. The van der Waals surface area contributed by atoms with Gasteiger partial charge in [0.25, 0.3) is 5.91 Å². The van der Waals surface area contributed by atoms with Crippen molar-refractivity contribution >= 4 is 22.4 Å². The van der Waals surface area contributed by atoms with Gasteiger partial charge in [-0.1, -0.05) is 59.9 Å². The van der Waals surface area contributed by atoms with E-state index in [0.717, 1.165) is 22.3 Å². The molecule has 2 aliphatic rings. The quantitative estimate of drug-likeness (QED) is 0.727. The summed E-state index contributed by atoms with van der Waals surface area (Å²) in [5, 5.41) is 18.7. The molecule has 6 heteroatoms. The summed E-state index contributed by atoms with van der Waals surface area (Å²) in [4.78, 5) is 14.8. The van der Waals surface area contributed by atoms with Gasteiger partial charge in [0.05, 0.1) is 6.10 Å². The third-order valence-electron chi connectivity index (χ3n) is 5.50. The van der Waals surface area contributed by atoms with E-state index in [2.05, 4.69) is 28.4 Å². The Bertz CT molecular complexity index is 988. The highest BCUT2D eigenvalue weighted by molar-refractivity contribution is 7.13. The number of hydrogen-bond acceptors (Lipinski definition) is 5. The molecular formula is C20H17N3O2S. The van der Waals surface area contributed by atoms with Crippen LogP contribution in [-0.4, -0.2) is 26.7 Å². The molecule has 130 valence electrons. The Labute approximate surface area is 154 Å². The normalized spacial score (nSPS) is 24.8. The molecule has 3 aromatic rings. The van der Waals surface area contributed by atoms with Gasteiger partial charge < -0.3 is 5.11 Å². The number of carbonyl (C=O) groups is 1. The van der Waals surface area contributed by atoms with Crippen molar-refractivity contribution in [2.45, 2.75) is 30.9 Å². The molecule has 0 radical (unpaired) electrons. The van der Waals surface area contributed by atoms with E-state index in [1.54, 1.807) is 17.3 Å². The molecule has 1 saturated heterocycles. The fourth-order valence-corrected chi connectivity index (χ4v) is 4.89. The van der Waals surface area contributed by atoms with Crippen LogP contribution in [0.5, 0.6) is 0 Å². The molecule has 1 aromatic heterocycles. The predicted molar refractivity (Wildman–Crippen MR) is 99.2 cm³/mol. The van der Waals surface area contributed by atoms with Gasteiger partial charge in [0.15, 0.2) is 0 Å². The zero-order valence-electron chi connectivity index (χ0n) is 14.2. The molecular weight excluding hydrogens is 346 g/mol. The van der Waals surface area contributed by atoms with Crippen LogP contribution in [0.3, 0.4) is 0 Å². The van der Waals surface area contributed by atoms with Crippen molar-refractivity contribution in [2.75, 3.05) is 4.90 Å². The van der Waals surface area contributed by atoms with Crippen molar-refractivity contribution in [3.05, 3.63) is 76.3 Å². The van der Waals surface area contributed by atoms with E-state index in [9.17, 15) is 9.90 Å². The molecule has 1 fully saturated rings. The van der Waals surface area contributed by atoms with Crippen molar-refractivity contribution in [2.24, 2.45) is 0 Å². The average molecular weight is 363 g/mol. The lowest BCUT2D eigenvalue weighted by Gasteiger charge is -2.19. The Balaban J connectivity index is 1.68. The second-order valence-electron chi connectivity index (χ2n) is 6.94. The Morgan fingerprint density at radius 1 is 1.27 bits per heavy atom. The van der Waals surface area contributed by atoms with Crippen molar-refractivity contribution in [3.63, 3.8) is 0 Å². The summed E-state index contributed by atoms with van der Waals surface area (Å²) in [7, 11) is 0. The number of fused-ring (bicyclic) bond motifs is 1. The predicted octanol–water partition coefficient (Wildman–Crippen LogP) is 3.07. The third kappa shape index (κ3) is 2.03. The van der Waals surface area contributed by atoms with E-state index in [4.69, 9.17) is 0 Å². The number of amides is 1. The number of anilines is 1. The van der Waals surface area contributed by atoms with Gasteiger partial charge in [-0.25, -0.2) is 0 Å². The maximum atomic E-state index is 13.0. The molecule has 1 spiro atoms. The molecule has 0 bridgehead atoms. The number of rotatable bonds is 3. The van der Waals surface area contributed by atoms with Crippen LogP contribution in [0.1, 0.15) is 41.2 Å². The minimum Gasteiger partial charge on any atom is -0.389 e. The fourth-order valence-electron chi connectivity index (χ4n) is 4.26. The maximum absolute atomic E-state index is 13.0. The summed E-state index contributed by atoms with van der Waals surface area (Å²) < 4.78 is 0. The van der Waals surface area contributed by atoms with E-state index in [1.165, 1.54) is 11.3 Å².